The van der Waals surface area contributed by atoms with E-state index < -0.39 is 0 Å². The van der Waals surface area contributed by atoms with Crippen LogP contribution in [0.15, 0.2) is 114 Å². The lowest BCUT2D eigenvalue weighted by Gasteiger charge is -2.27. The van der Waals surface area contributed by atoms with Crippen LogP contribution in [0.1, 0.15) is 90.3 Å². The van der Waals surface area contributed by atoms with Crippen molar-refractivity contribution >= 4 is 22.9 Å². The summed E-state index contributed by atoms with van der Waals surface area (Å²) in [6, 6.07) is 28.9. The molecule has 0 aliphatic carbocycles. The quantitative estimate of drug-likeness (QED) is 0.249. The van der Waals surface area contributed by atoms with Gasteiger partial charge in [0.15, 0.2) is 0 Å². The molecule has 3 aromatic carbocycles. The topological polar surface area (TPSA) is 62.3 Å². The summed E-state index contributed by atoms with van der Waals surface area (Å²) in [5.41, 5.74) is 7.63. The number of carbonyl (C=O) groups is 2. The number of rotatable bonds is 6. The molecule has 0 bridgehead atoms. The Hall–Kier alpha value is -4.57. The SMILES string of the molecule is CC(C)(C)c1cc(/C(=C2\C=CC(C(=O)c3ccccc3)=N2)c2ccc(C(=O)c3ccccc3)[nH]2)cc(C(C)(C)C)c1. The molecule has 41 heavy (non-hydrogen) atoms. The molecule has 0 unspecified atom stereocenters. The minimum absolute atomic E-state index is 0.0783. The van der Waals surface area contributed by atoms with Gasteiger partial charge in [-0.2, -0.15) is 0 Å². The maximum atomic E-state index is 13.3. The van der Waals surface area contributed by atoms with Crippen LogP contribution in [-0.2, 0) is 10.8 Å². The van der Waals surface area contributed by atoms with Gasteiger partial charge in [-0.15, -0.1) is 0 Å². The molecule has 0 fully saturated rings. The number of allylic oxidation sites excluding steroid dienone is 2. The molecule has 4 aromatic rings. The first-order valence-corrected chi connectivity index (χ1v) is 14.0. The largest absolute Gasteiger partial charge is 0.352 e. The van der Waals surface area contributed by atoms with Gasteiger partial charge in [-0.25, -0.2) is 4.99 Å². The van der Waals surface area contributed by atoms with E-state index in [-0.39, 0.29) is 22.4 Å². The van der Waals surface area contributed by atoms with Crippen molar-refractivity contribution in [2.24, 2.45) is 4.99 Å². The highest BCUT2D eigenvalue weighted by Gasteiger charge is 2.25. The molecule has 2 heterocycles. The number of aromatic amines is 1. The van der Waals surface area contributed by atoms with Crippen molar-refractivity contribution in [3.8, 4) is 0 Å². The van der Waals surface area contributed by atoms with E-state index >= 15 is 0 Å². The van der Waals surface area contributed by atoms with E-state index in [0.29, 0.717) is 28.2 Å². The van der Waals surface area contributed by atoms with Crippen molar-refractivity contribution in [3.63, 3.8) is 0 Å². The third kappa shape index (κ3) is 5.97. The first-order valence-electron chi connectivity index (χ1n) is 14.0. The van der Waals surface area contributed by atoms with Gasteiger partial charge in [-0.05, 0) is 51.8 Å². The number of ketones is 2. The fraction of sp³-hybridized carbons (Fsp3) is 0.216. The summed E-state index contributed by atoms with van der Waals surface area (Å²) in [7, 11) is 0. The highest BCUT2D eigenvalue weighted by Crippen LogP contribution is 2.37. The summed E-state index contributed by atoms with van der Waals surface area (Å²) in [6.07, 6.45) is 3.67. The molecule has 0 radical (unpaired) electrons. The molecule has 0 amide bonds. The average Bonchev–Trinajstić information content (AvgIpc) is 3.63. The number of nitrogens with one attached hydrogen (secondary N) is 1. The summed E-state index contributed by atoms with van der Waals surface area (Å²) in [4.78, 5) is 34.8. The maximum Gasteiger partial charge on any atom is 0.211 e. The smallest absolute Gasteiger partial charge is 0.211 e. The number of carbonyl (C=O) groups excluding carboxylic acids is 2. The molecular formula is C37H36N2O2. The second-order valence-electron chi connectivity index (χ2n) is 12.6. The van der Waals surface area contributed by atoms with E-state index in [9.17, 15) is 9.59 Å². The molecular weight excluding hydrogens is 504 g/mol. The van der Waals surface area contributed by atoms with Crippen LogP contribution in [0.5, 0.6) is 0 Å². The molecule has 5 rings (SSSR count). The zero-order valence-electron chi connectivity index (χ0n) is 24.6. The average molecular weight is 541 g/mol. The van der Waals surface area contributed by atoms with E-state index in [2.05, 4.69) is 64.7 Å². The molecule has 0 atom stereocenters. The molecule has 4 nitrogen and oxygen atoms in total. The second kappa shape index (κ2) is 10.8. The number of benzene rings is 3. The standard InChI is InChI=1S/C37H36N2O2/c1-36(2,3)27-21-26(22-28(23-27)37(4,5)6)33(29-17-19-31(38-29)34(40)24-13-9-7-10-14-24)30-18-20-32(39-30)35(41)25-15-11-8-12-16-25/h7-23,38H,1-6H3/b33-30-. The molecule has 0 saturated carbocycles. The van der Waals surface area contributed by atoms with Crippen molar-refractivity contribution in [3.05, 3.63) is 148 Å². The number of hydrogen-bond acceptors (Lipinski definition) is 3. The van der Waals surface area contributed by atoms with Gasteiger partial charge in [0, 0.05) is 22.4 Å². The maximum absolute atomic E-state index is 13.3. The third-order valence-corrected chi connectivity index (χ3v) is 7.35. The zero-order valence-corrected chi connectivity index (χ0v) is 24.6. The van der Waals surface area contributed by atoms with Gasteiger partial charge in [-0.3, -0.25) is 9.59 Å². The van der Waals surface area contributed by atoms with E-state index in [0.717, 1.165) is 16.8 Å². The lowest BCUT2D eigenvalue weighted by molar-refractivity contribution is 0.103. The molecule has 1 N–H and O–H groups in total. The first-order chi connectivity index (χ1) is 19.4. The lowest BCUT2D eigenvalue weighted by atomic mass is 9.78. The summed E-state index contributed by atoms with van der Waals surface area (Å²) in [6.45, 7) is 13.3. The van der Waals surface area contributed by atoms with Crippen molar-refractivity contribution in [2.75, 3.05) is 0 Å². The van der Waals surface area contributed by atoms with E-state index in [4.69, 9.17) is 4.99 Å². The highest BCUT2D eigenvalue weighted by atomic mass is 16.1. The highest BCUT2D eigenvalue weighted by molar-refractivity contribution is 6.50. The Bertz CT molecular complexity index is 1670. The van der Waals surface area contributed by atoms with Crippen LogP contribution in [-0.4, -0.2) is 22.3 Å². The molecule has 1 aromatic heterocycles. The lowest BCUT2D eigenvalue weighted by Crippen LogP contribution is -2.17. The Balaban J connectivity index is 1.70. The number of aromatic nitrogens is 1. The Morgan fingerprint density at radius 1 is 0.585 bits per heavy atom. The number of H-pyrrole nitrogens is 1. The van der Waals surface area contributed by atoms with Gasteiger partial charge in [0.2, 0.25) is 11.6 Å². The van der Waals surface area contributed by atoms with E-state index in [1.165, 1.54) is 11.1 Å². The summed E-state index contributed by atoms with van der Waals surface area (Å²) in [5.74, 6) is -0.202. The van der Waals surface area contributed by atoms with Crippen LogP contribution in [0.3, 0.4) is 0 Å². The van der Waals surface area contributed by atoms with E-state index in [1.54, 1.807) is 18.2 Å². The van der Waals surface area contributed by atoms with Crippen molar-refractivity contribution in [1.82, 2.24) is 4.98 Å². The third-order valence-electron chi connectivity index (χ3n) is 7.35. The van der Waals surface area contributed by atoms with Crippen LogP contribution in [0.25, 0.3) is 5.57 Å². The Labute approximate surface area is 242 Å². The summed E-state index contributed by atoms with van der Waals surface area (Å²) >= 11 is 0. The van der Waals surface area contributed by atoms with Gasteiger partial charge >= 0.3 is 0 Å². The fourth-order valence-corrected chi connectivity index (χ4v) is 4.86. The predicted molar refractivity (Wildman–Crippen MR) is 168 cm³/mol. The Morgan fingerprint density at radius 3 is 1.63 bits per heavy atom. The molecule has 206 valence electrons. The van der Waals surface area contributed by atoms with Crippen LogP contribution in [0, 0.1) is 0 Å². The molecule has 0 saturated heterocycles. The van der Waals surface area contributed by atoms with Gasteiger partial charge in [0.25, 0.3) is 0 Å². The number of Topliss-reactive ketones (excluding diaryl/α,β-unsaturated/α-hetero) is 1. The predicted octanol–water partition coefficient (Wildman–Crippen LogP) is 8.49. The molecule has 1 aliphatic rings. The van der Waals surface area contributed by atoms with E-state index in [1.807, 2.05) is 66.7 Å². The number of nitrogens with zero attached hydrogens (tertiary/aromatic N) is 1. The van der Waals surface area contributed by atoms with Crippen molar-refractivity contribution in [2.45, 2.75) is 52.4 Å². The first kappa shape index (κ1) is 28.0. The molecule has 4 heteroatoms. The van der Waals surface area contributed by atoms with Crippen molar-refractivity contribution < 1.29 is 9.59 Å². The van der Waals surface area contributed by atoms with Gasteiger partial charge in [0.1, 0.15) is 5.71 Å². The monoisotopic (exact) mass is 540 g/mol. The second-order valence-corrected chi connectivity index (χ2v) is 12.6. The number of aliphatic imine (C=N–C) groups is 1. The Kier molecular flexibility index (Phi) is 7.35. The van der Waals surface area contributed by atoms with Crippen molar-refractivity contribution in [1.29, 1.82) is 0 Å². The van der Waals surface area contributed by atoms with Gasteiger partial charge < -0.3 is 4.98 Å². The molecule has 0 spiro atoms. The van der Waals surface area contributed by atoms with Crippen LogP contribution >= 0.6 is 0 Å². The minimum atomic E-state index is -0.124. The fourth-order valence-electron chi connectivity index (χ4n) is 4.86. The normalized spacial score (nSPS) is 14.6. The zero-order chi connectivity index (χ0) is 29.4. The number of hydrogen-bond donors (Lipinski definition) is 1. The Morgan fingerprint density at radius 2 is 1.10 bits per heavy atom. The van der Waals surface area contributed by atoms with Crippen LogP contribution in [0.4, 0.5) is 0 Å². The van der Waals surface area contributed by atoms with Gasteiger partial charge in [0.05, 0.1) is 11.4 Å². The van der Waals surface area contributed by atoms with Crippen LogP contribution in [0.2, 0.25) is 0 Å². The van der Waals surface area contributed by atoms with Gasteiger partial charge in [-0.1, -0.05) is 120 Å². The summed E-state index contributed by atoms with van der Waals surface area (Å²) < 4.78 is 0. The minimum Gasteiger partial charge on any atom is -0.352 e. The molecule has 1 aliphatic heterocycles. The van der Waals surface area contributed by atoms with Crippen LogP contribution < -0.4 is 0 Å². The summed E-state index contributed by atoms with van der Waals surface area (Å²) in [5, 5.41) is 0.